The van der Waals surface area contributed by atoms with E-state index in [9.17, 15) is 4.79 Å². The molecule has 1 atom stereocenters. The molecule has 0 bridgehead atoms. The molecule has 17 heavy (non-hydrogen) atoms. The van der Waals surface area contributed by atoms with Crippen LogP contribution in [0.1, 0.15) is 26.7 Å². The zero-order valence-electron chi connectivity index (χ0n) is 11.1. The Labute approximate surface area is 104 Å². The highest BCUT2D eigenvalue weighted by molar-refractivity contribution is 5.79. The van der Waals surface area contributed by atoms with Gasteiger partial charge in [-0.2, -0.15) is 0 Å². The van der Waals surface area contributed by atoms with E-state index in [1.54, 1.807) is 0 Å². The van der Waals surface area contributed by atoms with Gasteiger partial charge in [-0.3, -0.25) is 9.69 Å². The molecule has 1 N–H and O–H groups in total. The molecule has 0 aromatic carbocycles. The van der Waals surface area contributed by atoms with Crippen molar-refractivity contribution in [1.82, 2.24) is 15.1 Å². The van der Waals surface area contributed by atoms with Crippen molar-refractivity contribution in [3.8, 4) is 0 Å². The quantitative estimate of drug-likeness (QED) is 0.764. The number of amides is 1. The first-order chi connectivity index (χ1) is 8.18. The summed E-state index contributed by atoms with van der Waals surface area (Å²) in [6, 6.07) is 0.596. The Morgan fingerprint density at radius 3 is 2.71 bits per heavy atom. The van der Waals surface area contributed by atoms with Gasteiger partial charge in [0.05, 0.1) is 5.92 Å². The number of rotatable bonds is 2. The van der Waals surface area contributed by atoms with Crippen molar-refractivity contribution in [2.75, 3.05) is 39.3 Å². The molecule has 2 aliphatic heterocycles. The molecule has 0 aromatic rings. The molecule has 2 rings (SSSR count). The lowest BCUT2D eigenvalue weighted by Gasteiger charge is -2.26. The van der Waals surface area contributed by atoms with E-state index in [1.165, 1.54) is 0 Å². The van der Waals surface area contributed by atoms with Crippen molar-refractivity contribution in [3.63, 3.8) is 0 Å². The average Bonchev–Trinajstić information content (AvgIpc) is 2.71. The molecule has 0 aromatic heterocycles. The minimum atomic E-state index is 0.237. The lowest BCUT2D eigenvalue weighted by Crippen LogP contribution is -2.40. The van der Waals surface area contributed by atoms with Gasteiger partial charge in [0, 0.05) is 38.8 Å². The average molecular weight is 239 g/mol. The van der Waals surface area contributed by atoms with E-state index in [4.69, 9.17) is 0 Å². The van der Waals surface area contributed by atoms with Gasteiger partial charge in [0.1, 0.15) is 0 Å². The Morgan fingerprint density at radius 1 is 1.24 bits per heavy atom. The van der Waals surface area contributed by atoms with Crippen molar-refractivity contribution >= 4 is 5.91 Å². The first-order valence-electron chi connectivity index (χ1n) is 6.92. The van der Waals surface area contributed by atoms with Gasteiger partial charge in [-0.1, -0.05) is 0 Å². The molecular formula is C13H25N3O. The van der Waals surface area contributed by atoms with Gasteiger partial charge in [0.2, 0.25) is 5.91 Å². The molecule has 2 aliphatic rings. The minimum absolute atomic E-state index is 0.237. The fourth-order valence-electron chi connectivity index (χ4n) is 2.80. The van der Waals surface area contributed by atoms with E-state index < -0.39 is 0 Å². The fraction of sp³-hybridized carbons (Fsp3) is 0.923. The van der Waals surface area contributed by atoms with E-state index in [1.807, 2.05) is 0 Å². The second kappa shape index (κ2) is 5.83. The summed E-state index contributed by atoms with van der Waals surface area (Å²) >= 11 is 0. The number of hydrogen-bond donors (Lipinski definition) is 1. The van der Waals surface area contributed by atoms with Crippen LogP contribution >= 0.6 is 0 Å². The summed E-state index contributed by atoms with van der Waals surface area (Å²) in [6.45, 7) is 10.4. The number of carbonyl (C=O) groups is 1. The summed E-state index contributed by atoms with van der Waals surface area (Å²) in [5.41, 5.74) is 0. The molecule has 1 amide bonds. The van der Waals surface area contributed by atoms with Crippen LogP contribution in [0, 0.1) is 5.92 Å². The maximum Gasteiger partial charge on any atom is 0.227 e. The third kappa shape index (κ3) is 3.19. The third-order valence-corrected chi connectivity index (χ3v) is 3.98. The van der Waals surface area contributed by atoms with Gasteiger partial charge in [-0.25, -0.2) is 0 Å². The van der Waals surface area contributed by atoms with Gasteiger partial charge < -0.3 is 10.2 Å². The van der Waals surface area contributed by atoms with E-state index >= 15 is 0 Å². The zero-order chi connectivity index (χ0) is 12.3. The smallest absolute Gasteiger partial charge is 0.227 e. The van der Waals surface area contributed by atoms with Crippen LogP contribution < -0.4 is 5.32 Å². The second-order valence-corrected chi connectivity index (χ2v) is 5.50. The normalized spacial score (nSPS) is 27.5. The van der Waals surface area contributed by atoms with Crippen molar-refractivity contribution in [2.45, 2.75) is 32.7 Å². The topological polar surface area (TPSA) is 35.6 Å². The Morgan fingerprint density at radius 2 is 2.06 bits per heavy atom. The van der Waals surface area contributed by atoms with Crippen LogP contribution in [0.15, 0.2) is 0 Å². The summed E-state index contributed by atoms with van der Waals surface area (Å²) < 4.78 is 0. The largest absolute Gasteiger partial charge is 0.341 e. The Hall–Kier alpha value is -0.610. The fourth-order valence-corrected chi connectivity index (χ4v) is 2.80. The SMILES string of the molecule is CC(C)N1CCCN(C(=O)[C@@H]2CCNC2)CC1. The predicted octanol–water partition coefficient (Wildman–Crippen LogP) is 0.539. The minimum Gasteiger partial charge on any atom is -0.341 e. The van der Waals surface area contributed by atoms with Crippen molar-refractivity contribution in [2.24, 2.45) is 5.92 Å². The Balaban J connectivity index is 1.87. The van der Waals surface area contributed by atoms with Crippen LogP contribution in [0.3, 0.4) is 0 Å². The molecule has 0 spiro atoms. The molecule has 98 valence electrons. The molecule has 4 heteroatoms. The zero-order valence-corrected chi connectivity index (χ0v) is 11.1. The summed E-state index contributed by atoms with van der Waals surface area (Å²) in [5.74, 6) is 0.612. The van der Waals surface area contributed by atoms with E-state index in [2.05, 4.69) is 29.0 Å². The van der Waals surface area contributed by atoms with Crippen LogP contribution in [0.4, 0.5) is 0 Å². The molecule has 0 aliphatic carbocycles. The lowest BCUT2D eigenvalue weighted by atomic mass is 10.1. The van der Waals surface area contributed by atoms with Crippen LogP contribution in [0.5, 0.6) is 0 Å². The van der Waals surface area contributed by atoms with E-state index in [0.29, 0.717) is 11.9 Å². The molecule has 0 unspecified atom stereocenters. The van der Waals surface area contributed by atoms with Crippen LogP contribution in [0.25, 0.3) is 0 Å². The second-order valence-electron chi connectivity index (χ2n) is 5.50. The molecule has 0 saturated carbocycles. The summed E-state index contributed by atoms with van der Waals surface area (Å²) in [4.78, 5) is 16.9. The first-order valence-corrected chi connectivity index (χ1v) is 6.92. The highest BCUT2D eigenvalue weighted by Crippen LogP contribution is 2.14. The number of nitrogens with one attached hydrogen (secondary N) is 1. The van der Waals surface area contributed by atoms with Crippen molar-refractivity contribution < 1.29 is 4.79 Å². The molecule has 0 radical (unpaired) electrons. The number of hydrogen-bond acceptors (Lipinski definition) is 3. The molecule has 2 fully saturated rings. The Bertz CT molecular complexity index is 261. The number of nitrogens with zero attached hydrogens (tertiary/aromatic N) is 2. The summed E-state index contributed by atoms with van der Waals surface area (Å²) in [6.07, 6.45) is 2.13. The van der Waals surface area contributed by atoms with Gasteiger partial charge in [-0.05, 0) is 33.2 Å². The highest BCUT2D eigenvalue weighted by Gasteiger charge is 2.28. The molecule has 2 saturated heterocycles. The van der Waals surface area contributed by atoms with E-state index in [0.717, 1.165) is 52.1 Å². The number of carbonyl (C=O) groups excluding carboxylic acids is 1. The van der Waals surface area contributed by atoms with Gasteiger partial charge >= 0.3 is 0 Å². The third-order valence-electron chi connectivity index (χ3n) is 3.98. The highest BCUT2D eigenvalue weighted by atomic mass is 16.2. The van der Waals surface area contributed by atoms with Gasteiger partial charge in [0.15, 0.2) is 0 Å². The van der Waals surface area contributed by atoms with Gasteiger partial charge in [0.25, 0.3) is 0 Å². The van der Waals surface area contributed by atoms with Gasteiger partial charge in [-0.15, -0.1) is 0 Å². The summed E-state index contributed by atoms with van der Waals surface area (Å²) in [7, 11) is 0. The van der Waals surface area contributed by atoms with Crippen molar-refractivity contribution in [1.29, 1.82) is 0 Å². The van der Waals surface area contributed by atoms with Crippen LogP contribution in [-0.2, 0) is 4.79 Å². The monoisotopic (exact) mass is 239 g/mol. The molecular weight excluding hydrogens is 214 g/mol. The first kappa shape index (κ1) is 12.8. The maximum atomic E-state index is 12.3. The maximum absolute atomic E-state index is 12.3. The molecule has 2 heterocycles. The van der Waals surface area contributed by atoms with Crippen LogP contribution in [0.2, 0.25) is 0 Å². The predicted molar refractivity (Wildman–Crippen MR) is 68.9 cm³/mol. The van der Waals surface area contributed by atoms with Crippen LogP contribution in [-0.4, -0.2) is 61.0 Å². The van der Waals surface area contributed by atoms with E-state index in [-0.39, 0.29) is 5.92 Å². The lowest BCUT2D eigenvalue weighted by molar-refractivity contribution is -0.134. The van der Waals surface area contributed by atoms with Crippen molar-refractivity contribution in [3.05, 3.63) is 0 Å². The standard InChI is InChI=1S/C13H25N3O/c1-11(2)15-6-3-7-16(9-8-15)13(17)12-4-5-14-10-12/h11-12,14H,3-10H2,1-2H3/t12-/m1/s1. The Kier molecular flexibility index (Phi) is 4.40. The summed E-state index contributed by atoms with van der Waals surface area (Å²) in [5, 5.41) is 3.28. The molecule has 4 nitrogen and oxygen atoms in total.